The summed E-state index contributed by atoms with van der Waals surface area (Å²) in [6.07, 6.45) is 2.93. The number of carboxylic acids is 1. The molecule has 0 aliphatic carbocycles. The molecule has 124 valence electrons. The van der Waals surface area contributed by atoms with Gasteiger partial charge in [0.2, 0.25) is 5.91 Å². The maximum Gasteiger partial charge on any atom is 0.337 e. The molecule has 0 aliphatic heterocycles. The van der Waals surface area contributed by atoms with Gasteiger partial charge in [0.25, 0.3) is 0 Å². The molecule has 0 aliphatic rings. The van der Waals surface area contributed by atoms with Crippen LogP contribution < -0.4 is 10.1 Å². The fourth-order valence-corrected chi connectivity index (χ4v) is 2.50. The van der Waals surface area contributed by atoms with E-state index >= 15 is 0 Å². The Balaban J connectivity index is 2.20. The maximum atomic E-state index is 12.1. The summed E-state index contributed by atoms with van der Waals surface area (Å²) in [5.74, 6) is -0.890. The molecule has 0 radical (unpaired) electrons. The van der Waals surface area contributed by atoms with E-state index in [1.165, 1.54) is 12.1 Å². The molecule has 0 spiro atoms. The molecule has 1 amide bonds. The normalized spacial score (nSPS) is 10.6. The first-order valence-corrected chi connectivity index (χ1v) is 7.86. The van der Waals surface area contributed by atoms with Gasteiger partial charge in [-0.1, -0.05) is 27.6 Å². The summed E-state index contributed by atoms with van der Waals surface area (Å²) in [5.41, 5.74) is 1.84. The number of halogens is 1. The molecule has 0 aromatic heterocycles. The van der Waals surface area contributed by atoms with Gasteiger partial charge >= 0.3 is 5.97 Å². The van der Waals surface area contributed by atoms with Gasteiger partial charge in [-0.25, -0.2) is 4.79 Å². The molecule has 24 heavy (non-hydrogen) atoms. The van der Waals surface area contributed by atoms with E-state index in [2.05, 4.69) is 21.2 Å². The minimum Gasteiger partial charge on any atom is -0.496 e. The number of ether oxygens (including phenoxy) is 1. The highest BCUT2D eigenvalue weighted by Gasteiger charge is 2.11. The lowest BCUT2D eigenvalue weighted by Gasteiger charge is -2.08. The Kier molecular flexibility index (Phi) is 5.76. The number of benzene rings is 2. The lowest BCUT2D eigenvalue weighted by atomic mass is 10.1. The second kappa shape index (κ2) is 7.79. The highest BCUT2D eigenvalue weighted by atomic mass is 79.9. The van der Waals surface area contributed by atoms with Gasteiger partial charge < -0.3 is 15.2 Å². The monoisotopic (exact) mass is 389 g/mol. The number of hydrogen-bond acceptors (Lipinski definition) is 3. The smallest absolute Gasteiger partial charge is 0.337 e. The average Bonchev–Trinajstić information content (AvgIpc) is 2.54. The predicted molar refractivity (Wildman–Crippen MR) is 96.5 cm³/mol. The van der Waals surface area contributed by atoms with E-state index in [-0.39, 0.29) is 11.3 Å². The van der Waals surface area contributed by atoms with Gasteiger partial charge in [-0.05, 0) is 43.3 Å². The predicted octanol–water partition coefficient (Wildman–Crippen LogP) is 4.12. The quantitative estimate of drug-likeness (QED) is 0.754. The van der Waals surface area contributed by atoms with E-state index in [1.54, 1.807) is 38.3 Å². The Hall–Kier alpha value is -2.60. The molecule has 2 aromatic rings. The van der Waals surface area contributed by atoms with Gasteiger partial charge in [-0.15, -0.1) is 0 Å². The van der Waals surface area contributed by atoms with Crippen molar-refractivity contribution in [3.8, 4) is 5.75 Å². The minimum absolute atomic E-state index is 0.0526. The van der Waals surface area contributed by atoms with E-state index in [0.29, 0.717) is 5.75 Å². The SMILES string of the molecule is COc1ccc(Br)cc1/C=C/C(=O)Nc1ccc(C)cc1C(=O)O. The van der Waals surface area contributed by atoms with Crippen molar-refractivity contribution >= 4 is 39.6 Å². The molecular formula is C18H16BrNO4. The molecule has 0 bridgehead atoms. The summed E-state index contributed by atoms with van der Waals surface area (Å²) in [5, 5.41) is 11.8. The third-order valence-corrected chi connectivity index (χ3v) is 3.76. The zero-order valence-corrected chi connectivity index (χ0v) is 14.8. The van der Waals surface area contributed by atoms with Crippen LogP contribution in [0.2, 0.25) is 0 Å². The maximum absolute atomic E-state index is 12.1. The van der Waals surface area contributed by atoms with Crippen molar-refractivity contribution in [2.75, 3.05) is 12.4 Å². The highest BCUT2D eigenvalue weighted by molar-refractivity contribution is 9.10. The summed E-state index contributed by atoms with van der Waals surface area (Å²) in [6, 6.07) is 10.3. The number of amides is 1. The fourth-order valence-electron chi connectivity index (χ4n) is 2.12. The number of carboxylic acid groups (broad SMARTS) is 1. The topological polar surface area (TPSA) is 75.6 Å². The number of rotatable bonds is 5. The third kappa shape index (κ3) is 4.45. The van der Waals surface area contributed by atoms with Crippen molar-refractivity contribution in [1.29, 1.82) is 0 Å². The van der Waals surface area contributed by atoms with Crippen LogP contribution in [0.3, 0.4) is 0 Å². The van der Waals surface area contributed by atoms with E-state index in [9.17, 15) is 14.7 Å². The molecule has 0 saturated carbocycles. The van der Waals surface area contributed by atoms with Crippen LogP contribution in [0, 0.1) is 6.92 Å². The number of nitrogens with one attached hydrogen (secondary N) is 1. The molecule has 0 atom stereocenters. The Bertz CT molecular complexity index is 815. The van der Waals surface area contributed by atoms with E-state index in [0.717, 1.165) is 15.6 Å². The first kappa shape index (κ1) is 17.7. The molecule has 5 nitrogen and oxygen atoms in total. The van der Waals surface area contributed by atoms with Crippen molar-refractivity contribution in [3.05, 3.63) is 63.6 Å². The minimum atomic E-state index is -1.09. The van der Waals surface area contributed by atoms with Gasteiger partial charge in [0.05, 0.1) is 18.4 Å². The van der Waals surface area contributed by atoms with Crippen LogP contribution >= 0.6 is 15.9 Å². The van der Waals surface area contributed by atoms with Crippen molar-refractivity contribution in [2.45, 2.75) is 6.92 Å². The number of aromatic carboxylic acids is 1. The van der Waals surface area contributed by atoms with Gasteiger partial charge in [-0.3, -0.25) is 4.79 Å². The van der Waals surface area contributed by atoms with Crippen LogP contribution in [0.15, 0.2) is 46.9 Å². The first-order chi connectivity index (χ1) is 11.4. The van der Waals surface area contributed by atoms with Crippen molar-refractivity contribution < 1.29 is 19.4 Å². The van der Waals surface area contributed by atoms with E-state index < -0.39 is 11.9 Å². The first-order valence-electron chi connectivity index (χ1n) is 7.07. The lowest BCUT2D eigenvalue weighted by molar-refractivity contribution is -0.111. The number of anilines is 1. The second-order valence-corrected chi connectivity index (χ2v) is 5.98. The summed E-state index contributed by atoms with van der Waals surface area (Å²) in [7, 11) is 1.55. The molecule has 0 heterocycles. The van der Waals surface area contributed by atoms with Crippen molar-refractivity contribution in [3.63, 3.8) is 0 Å². The molecule has 6 heteroatoms. The van der Waals surface area contributed by atoms with Gasteiger partial charge in [-0.2, -0.15) is 0 Å². The molecular weight excluding hydrogens is 374 g/mol. The van der Waals surface area contributed by atoms with E-state index in [4.69, 9.17) is 4.74 Å². The van der Waals surface area contributed by atoms with Gasteiger partial charge in [0, 0.05) is 16.1 Å². The fraction of sp³-hybridized carbons (Fsp3) is 0.111. The zero-order valence-electron chi connectivity index (χ0n) is 13.2. The summed E-state index contributed by atoms with van der Waals surface area (Å²) in [6.45, 7) is 1.79. The van der Waals surface area contributed by atoms with Gasteiger partial charge in [0.1, 0.15) is 5.75 Å². The largest absolute Gasteiger partial charge is 0.496 e. The van der Waals surface area contributed by atoms with Crippen LogP contribution in [0.4, 0.5) is 5.69 Å². The van der Waals surface area contributed by atoms with E-state index in [1.807, 2.05) is 12.1 Å². The molecule has 0 saturated heterocycles. The Morgan fingerprint density at radius 3 is 2.62 bits per heavy atom. The highest BCUT2D eigenvalue weighted by Crippen LogP contribution is 2.24. The summed E-state index contributed by atoms with van der Waals surface area (Å²) < 4.78 is 6.09. The Morgan fingerprint density at radius 1 is 1.21 bits per heavy atom. The molecule has 2 N–H and O–H groups in total. The summed E-state index contributed by atoms with van der Waals surface area (Å²) in [4.78, 5) is 23.4. The summed E-state index contributed by atoms with van der Waals surface area (Å²) >= 11 is 3.36. The molecule has 2 aromatic carbocycles. The zero-order chi connectivity index (χ0) is 17.7. The number of methoxy groups -OCH3 is 1. The van der Waals surface area contributed by atoms with Crippen molar-refractivity contribution in [2.24, 2.45) is 0 Å². The molecule has 2 rings (SSSR count). The van der Waals surface area contributed by atoms with Gasteiger partial charge in [0.15, 0.2) is 0 Å². The second-order valence-electron chi connectivity index (χ2n) is 5.06. The Morgan fingerprint density at radius 2 is 1.96 bits per heavy atom. The molecule has 0 unspecified atom stereocenters. The number of carbonyl (C=O) groups is 2. The van der Waals surface area contributed by atoms with Crippen LogP contribution in [-0.4, -0.2) is 24.1 Å². The third-order valence-electron chi connectivity index (χ3n) is 3.27. The van der Waals surface area contributed by atoms with Crippen LogP contribution in [0.1, 0.15) is 21.5 Å². The van der Waals surface area contributed by atoms with Crippen LogP contribution in [0.5, 0.6) is 5.75 Å². The number of hydrogen-bond donors (Lipinski definition) is 2. The average molecular weight is 390 g/mol. The molecule has 0 fully saturated rings. The van der Waals surface area contributed by atoms with Crippen LogP contribution in [0.25, 0.3) is 6.08 Å². The number of aryl methyl sites for hydroxylation is 1. The standard InChI is InChI=1S/C18H16BrNO4/c1-11-3-6-15(14(9-11)18(22)23)20-17(21)8-4-12-10-13(19)5-7-16(12)24-2/h3-10H,1-2H3,(H,20,21)(H,22,23)/b8-4+. The Labute approximate surface area is 148 Å². The van der Waals surface area contributed by atoms with Crippen molar-refractivity contribution in [1.82, 2.24) is 0 Å². The number of carbonyl (C=O) groups excluding carboxylic acids is 1. The lowest BCUT2D eigenvalue weighted by Crippen LogP contribution is -2.12. The van der Waals surface area contributed by atoms with Crippen LogP contribution in [-0.2, 0) is 4.79 Å².